The number of para-hydroxylation sites is 1. The Balaban J connectivity index is 2.19. The molecule has 0 radical (unpaired) electrons. The maximum Gasteiger partial charge on any atom is 0.0404 e. The maximum absolute atomic E-state index is 3.76. The number of hydrogen-bond acceptors (Lipinski definition) is 2. The molecule has 2 rings (SSSR count). The number of nitrogens with one attached hydrogen (secondary N) is 1. The van der Waals surface area contributed by atoms with E-state index < -0.39 is 0 Å². The van der Waals surface area contributed by atoms with Gasteiger partial charge in [-0.25, -0.2) is 0 Å². The molecule has 1 heterocycles. The predicted octanol–water partition coefficient (Wildman–Crippen LogP) is 3.86. The molecule has 0 bridgehead atoms. The van der Waals surface area contributed by atoms with Crippen LogP contribution >= 0.6 is 11.8 Å². The van der Waals surface area contributed by atoms with E-state index in [4.69, 9.17) is 0 Å². The van der Waals surface area contributed by atoms with Crippen molar-refractivity contribution in [1.29, 1.82) is 0 Å². The molecule has 2 atom stereocenters. The Morgan fingerprint density at radius 2 is 2.25 bits per heavy atom. The Kier molecular flexibility index (Phi) is 3.80. The van der Waals surface area contributed by atoms with Crippen molar-refractivity contribution in [2.24, 2.45) is 0 Å². The Hall–Kier alpha value is -0.630. The summed E-state index contributed by atoms with van der Waals surface area (Å²) in [6.45, 7) is 6.76. The third-order valence-corrected chi connectivity index (χ3v) is 4.77. The minimum absolute atomic E-state index is 0.649. The molecule has 0 saturated carbocycles. The van der Waals surface area contributed by atoms with Gasteiger partial charge >= 0.3 is 0 Å². The molecule has 2 heteroatoms. The van der Waals surface area contributed by atoms with E-state index in [1.165, 1.54) is 29.0 Å². The van der Waals surface area contributed by atoms with Crippen LogP contribution in [0.2, 0.25) is 0 Å². The zero-order chi connectivity index (χ0) is 11.5. The fraction of sp³-hybridized carbons (Fsp3) is 0.571. The molecule has 88 valence electrons. The van der Waals surface area contributed by atoms with Crippen LogP contribution in [-0.4, -0.2) is 17.0 Å². The molecule has 0 spiro atoms. The van der Waals surface area contributed by atoms with Crippen molar-refractivity contribution in [3.05, 3.63) is 29.3 Å². The van der Waals surface area contributed by atoms with Crippen molar-refractivity contribution in [3.63, 3.8) is 0 Å². The first-order valence-electron chi connectivity index (χ1n) is 6.19. The van der Waals surface area contributed by atoms with E-state index in [9.17, 15) is 0 Å². The van der Waals surface area contributed by atoms with Gasteiger partial charge in [-0.3, -0.25) is 0 Å². The molecule has 0 amide bonds. The lowest BCUT2D eigenvalue weighted by Gasteiger charge is -2.21. The summed E-state index contributed by atoms with van der Waals surface area (Å²) in [5.41, 5.74) is 4.21. The monoisotopic (exact) mass is 235 g/mol. The van der Waals surface area contributed by atoms with E-state index in [2.05, 4.69) is 56.0 Å². The first-order valence-corrected chi connectivity index (χ1v) is 7.24. The van der Waals surface area contributed by atoms with Crippen LogP contribution in [0.4, 0.5) is 5.69 Å². The van der Waals surface area contributed by atoms with Crippen LogP contribution in [0.1, 0.15) is 31.4 Å². The third-order valence-electron chi connectivity index (χ3n) is 3.45. The summed E-state index contributed by atoms with van der Waals surface area (Å²) in [6.07, 6.45) is 2.40. The molecule has 1 fully saturated rings. The average Bonchev–Trinajstić information content (AvgIpc) is 2.67. The van der Waals surface area contributed by atoms with Crippen LogP contribution < -0.4 is 5.32 Å². The number of anilines is 1. The van der Waals surface area contributed by atoms with Crippen LogP contribution in [0, 0.1) is 6.92 Å². The lowest BCUT2D eigenvalue weighted by molar-refractivity contribution is 0.722. The number of thioether (sulfide) groups is 1. The SMILES string of the molecule is CCc1cccc(C)c1NC1CCSC1C. The van der Waals surface area contributed by atoms with E-state index in [1.54, 1.807) is 0 Å². The highest BCUT2D eigenvalue weighted by atomic mass is 32.2. The summed E-state index contributed by atoms with van der Waals surface area (Å²) in [7, 11) is 0. The fourth-order valence-corrected chi connectivity index (χ4v) is 3.53. The maximum atomic E-state index is 3.76. The third kappa shape index (κ3) is 2.37. The number of benzene rings is 1. The zero-order valence-electron chi connectivity index (χ0n) is 10.4. The van der Waals surface area contributed by atoms with Crippen LogP contribution in [-0.2, 0) is 6.42 Å². The lowest BCUT2D eigenvalue weighted by Crippen LogP contribution is -2.25. The molecule has 1 nitrogen and oxygen atoms in total. The van der Waals surface area contributed by atoms with Gasteiger partial charge in [-0.1, -0.05) is 32.0 Å². The van der Waals surface area contributed by atoms with E-state index in [0.717, 1.165) is 11.7 Å². The van der Waals surface area contributed by atoms with E-state index in [-0.39, 0.29) is 0 Å². The first-order chi connectivity index (χ1) is 7.72. The topological polar surface area (TPSA) is 12.0 Å². The lowest BCUT2D eigenvalue weighted by atomic mass is 10.0. The van der Waals surface area contributed by atoms with Crippen molar-refractivity contribution < 1.29 is 0 Å². The molecule has 1 aliphatic rings. The van der Waals surface area contributed by atoms with Gasteiger partial charge in [0.25, 0.3) is 0 Å². The molecule has 1 aromatic carbocycles. The highest BCUT2D eigenvalue weighted by Gasteiger charge is 2.24. The summed E-state index contributed by atoms with van der Waals surface area (Å²) >= 11 is 2.08. The van der Waals surface area contributed by atoms with E-state index in [0.29, 0.717) is 6.04 Å². The summed E-state index contributed by atoms with van der Waals surface area (Å²) < 4.78 is 0. The largest absolute Gasteiger partial charge is 0.381 e. The van der Waals surface area contributed by atoms with Gasteiger partial charge in [0.2, 0.25) is 0 Å². The predicted molar refractivity (Wildman–Crippen MR) is 74.5 cm³/mol. The summed E-state index contributed by atoms with van der Waals surface area (Å²) in [5, 5.41) is 4.50. The molecular weight excluding hydrogens is 214 g/mol. The smallest absolute Gasteiger partial charge is 0.0404 e. The van der Waals surface area contributed by atoms with Crippen LogP contribution in [0.15, 0.2) is 18.2 Å². The van der Waals surface area contributed by atoms with Gasteiger partial charge in [0, 0.05) is 17.0 Å². The standard InChI is InChI=1S/C14H21NS/c1-4-12-7-5-6-10(2)14(12)15-13-8-9-16-11(13)3/h5-7,11,13,15H,4,8-9H2,1-3H3. The molecule has 1 aromatic rings. The summed E-state index contributed by atoms with van der Waals surface area (Å²) in [4.78, 5) is 0. The molecule has 0 aromatic heterocycles. The second-order valence-corrected chi connectivity index (χ2v) is 6.06. The van der Waals surface area contributed by atoms with Crippen LogP contribution in [0.3, 0.4) is 0 Å². The van der Waals surface area contributed by atoms with E-state index in [1.807, 2.05) is 0 Å². The Morgan fingerprint density at radius 3 is 2.88 bits per heavy atom. The van der Waals surface area contributed by atoms with Gasteiger partial charge in [-0.05, 0) is 36.6 Å². The van der Waals surface area contributed by atoms with Gasteiger partial charge in [0.05, 0.1) is 0 Å². The van der Waals surface area contributed by atoms with Gasteiger partial charge in [0.15, 0.2) is 0 Å². The van der Waals surface area contributed by atoms with Crippen molar-refractivity contribution in [3.8, 4) is 0 Å². The highest BCUT2D eigenvalue weighted by Crippen LogP contribution is 2.31. The number of rotatable bonds is 3. The molecule has 2 unspecified atom stereocenters. The van der Waals surface area contributed by atoms with Gasteiger partial charge in [-0.15, -0.1) is 0 Å². The molecule has 1 aliphatic heterocycles. The minimum atomic E-state index is 0.649. The molecule has 1 saturated heterocycles. The average molecular weight is 235 g/mol. The van der Waals surface area contributed by atoms with Crippen molar-refractivity contribution in [2.75, 3.05) is 11.1 Å². The summed E-state index contributed by atoms with van der Waals surface area (Å²) in [5.74, 6) is 1.30. The molecule has 0 aliphatic carbocycles. The summed E-state index contributed by atoms with van der Waals surface area (Å²) in [6, 6.07) is 7.25. The normalized spacial score (nSPS) is 24.7. The van der Waals surface area contributed by atoms with Crippen LogP contribution in [0.25, 0.3) is 0 Å². The number of hydrogen-bond donors (Lipinski definition) is 1. The Labute approximate surface area is 103 Å². The van der Waals surface area contributed by atoms with Crippen molar-refractivity contribution in [1.82, 2.24) is 0 Å². The minimum Gasteiger partial charge on any atom is -0.381 e. The second-order valence-electron chi connectivity index (χ2n) is 4.58. The van der Waals surface area contributed by atoms with Gasteiger partial charge in [0.1, 0.15) is 0 Å². The fourth-order valence-electron chi connectivity index (χ4n) is 2.34. The highest BCUT2D eigenvalue weighted by molar-refractivity contribution is 8.00. The second kappa shape index (κ2) is 5.13. The van der Waals surface area contributed by atoms with Gasteiger partial charge in [-0.2, -0.15) is 11.8 Å². The first kappa shape index (κ1) is 11.8. The van der Waals surface area contributed by atoms with Gasteiger partial charge < -0.3 is 5.32 Å². The van der Waals surface area contributed by atoms with Crippen molar-refractivity contribution in [2.45, 2.75) is 44.9 Å². The molecule has 16 heavy (non-hydrogen) atoms. The molecular formula is C14H21NS. The molecule has 1 N–H and O–H groups in total. The Bertz CT molecular complexity index is 362. The Morgan fingerprint density at radius 1 is 1.44 bits per heavy atom. The van der Waals surface area contributed by atoms with E-state index >= 15 is 0 Å². The zero-order valence-corrected chi connectivity index (χ0v) is 11.2. The quantitative estimate of drug-likeness (QED) is 0.853. The van der Waals surface area contributed by atoms with Crippen molar-refractivity contribution >= 4 is 17.4 Å². The van der Waals surface area contributed by atoms with Crippen LogP contribution in [0.5, 0.6) is 0 Å². The number of aryl methyl sites for hydroxylation is 2.